The monoisotopic (exact) mass is 240 g/mol. The molecule has 0 saturated carbocycles. The zero-order valence-corrected chi connectivity index (χ0v) is 10.1. The van der Waals surface area contributed by atoms with Gasteiger partial charge in [0, 0.05) is 11.3 Å². The Morgan fingerprint density at radius 3 is 2.56 bits per heavy atom. The fraction of sp³-hybridized carbons (Fsp3) is 0.0667. The van der Waals surface area contributed by atoms with Crippen molar-refractivity contribution in [2.75, 3.05) is 12.4 Å². The highest BCUT2D eigenvalue weighted by molar-refractivity contribution is 6.04. The Labute approximate surface area is 106 Å². The van der Waals surface area contributed by atoms with Crippen molar-refractivity contribution in [2.45, 2.75) is 0 Å². The molecule has 0 aromatic heterocycles. The lowest BCUT2D eigenvalue weighted by molar-refractivity contribution is 0.102. The van der Waals surface area contributed by atoms with Crippen LogP contribution in [0.25, 0.3) is 0 Å². The molecule has 2 rings (SSSR count). The predicted molar refractivity (Wildman–Crippen MR) is 71.8 cm³/mol. The van der Waals surface area contributed by atoms with E-state index >= 15 is 0 Å². The van der Waals surface area contributed by atoms with Crippen molar-refractivity contribution in [3.05, 3.63) is 66.6 Å². The van der Waals surface area contributed by atoms with E-state index in [1.165, 1.54) is 0 Å². The number of anilines is 1. The number of amides is 1. The number of benzene rings is 2. The largest absolute Gasteiger partial charge is 0.497 e. The van der Waals surface area contributed by atoms with Gasteiger partial charge in [0.2, 0.25) is 0 Å². The van der Waals surface area contributed by atoms with E-state index in [1.54, 1.807) is 31.4 Å². The Balaban J connectivity index is 2.14. The van der Waals surface area contributed by atoms with Gasteiger partial charge in [0.1, 0.15) is 5.75 Å². The molecule has 0 saturated heterocycles. The minimum atomic E-state index is -0.161. The third kappa shape index (κ3) is 2.88. The summed E-state index contributed by atoms with van der Waals surface area (Å²) in [4.78, 5) is 12.0. The van der Waals surface area contributed by atoms with Crippen LogP contribution in [0.1, 0.15) is 15.9 Å². The van der Waals surface area contributed by atoms with E-state index in [0.717, 1.165) is 11.3 Å². The van der Waals surface area contributed by atoms with Gasteiger partial charge in [-0.2, -0.15) is 0 Å². The number of carbonyl (C=O) groups excluding carboxylic acids is 1. The third-order valence-corrected chi connectivity index (χ3v) is 2.54. The van der Waals surface area contributed by atoms with Crippen molar-refractivity contribution < 1.29 is 9.53 Å². The lowest BCUT2D eigenvalue weighted by atomic mass is 10.2. The van der Waals surface area contributed by atoms with E-state index in [9.17, 15) is 4.79 Å². The first kappa shape index (κ1) is 12.2. The normalized spacial score (nSPS) is 9.89. The average Bonchev–Trinajstić information content (AvgIpc) is 2.41. The summed E-state index contributed by atoms with van der Waals surface area (Å²) < 4.78 is 5.08. The van der Waals surface area contributed by atoms with E-state index in [1.807, 2.05) is 24.3 Å². The number of nitrogens with one attached hydrogen (secondary N) is 1. The van der Waals surface area contributed by atoms with Gasteiger partial charge in [-0.3, -0.25) is 4.79 Å². The molecular formula is C15H14NO2. The van der Waals surface area contributed by atoms with Gasteiger partial charge >= 0.3 is 0 Å². The minimum Gasteiger partial charge on any atom is -0.497 e. The van der Waals surface area contributed by atoms with Gasteiger partial charge in [0.05, 0.1) is 7.11 Å². The van der Waals surface area contributed by atoms with Crippen LogP contribution >= 0.6 is 0 Å². The van der Waals surface area contributed by atoms with E-state index in [-0.39, 0.29) is 5.91 Å². The first-order valence-corrected chi connectivity index (χ1v) is 5.56. The van der Waals surface area contributed by atoms with Crippen LogP contribution in [-0.4, -0.2) is 13.0 Å². The second-order valence-corrected chi connectivity index (χ2v) is 3.88. The molecule has 1 radical (unpaired) electrons. The van der Waals surface area contributed by atoms with Gasteiger partial charge in [-0.1, -0.05) is 18.2 Å². The Bertz CT molecular complexity index is 547. The smallest absolute Gasteiger partial charge is 0.255 e. The fourth-order valence-corrected chi connectivity index (χ4v) is 1.56. The molecule has 2 aromatic rings. The molecule has 1 N–H and O–H groups in total. The van der Waals surface area contributed by atoms with Crippen molar-refractivity contribution in [2.24, 2.45) is 0 Å². The molecule has 0 aliphatic carbocycles. The van der Waals surface area contributed by atoms with Gasteiger partial charge < -0.3 is 10.1 Å². The summed E-state index contributed by atoms with van der Waals surface area (Å²) in [6.07, 6.45) is 0. The molecule has 0 bridgehead atoms. The molecule has 0 unspecified atom stereocenters. The van der Waals surface area contributed by atoms with Gasteiger partial charge in [-0.25, -0.2) is 0 Å². The summed E-state index contributed by atoms with van der Waals surface area (Å²) in [5, 5.41) is 2.81. The summed E-state index contributed by atoms with van der Waals surface area (Å²) in [6.45, 7) is 3.79. The number of ether oxygens (including phenoxy) is 1. The van der Waals surface area contributed by atoms with E-state index in [0.29, 0.717) is 11.3 Å². The van der Waals surface area contributed by atoms with Gasteiger partial charge in [-0.05, 0) is 42.8 Å². The molecule has 0 spiro atoms. The topological polar surface area (TPSA) is 38.3 Å². The molecular weight excluding hydrogens is 226 g/mol. The van der Waals surface area contributed by atoms with Gasteiger partial charge in [-0.15, -0.1) is 0 Å². The molecule has 3 nitrogen and oxygen atoms in total. The Hall–Kier alpha value is -2.29. The maximum absolute atomic E-state index is 12.0. The molecule has 0 heterocycles. The highest BCUT2D eigenvalue weighted by Crippen LogP contribution is 2.15. The van der Waals surface area contributed by atoms with Crippen LogP contribution in [0.2, 0.25) is 0 Å². The van der Waals surface area contributed by atoms with Crippen LogP contribution < -0.4 is 10.1 Å². The van der Waals surface area contributed by atoms with Gasteiger partial charge in [0.25, 0.3) is 5.91 Å². The molecule has 3 heteroatoms. The van der Waals surface area contributed by atoms with Crippen LogP contribution in [0.15, 0.2) is 48.5 Å². The maximum atomic E-state index is 12.0. The Morgan fingerprint density at radius 2 is 1.89 bits per heavy atom. The first-order chi connectivity index (χ1) is 8.69. The molecule has 0 atom stereocenters. The maximum Gasteiger partial charge on any atom is 0.255 e. The SMILES string of the molecule is [CH2]c1ccc(NC(=O)c2cccc(OC)c2)cc1. The lowest BCUT2D eigenvalue weighted by Crippen LogP contribution is -2.11. The van der Waals surface area contributed by atoms with Crippen LogP contribution in [0.5, 0.6) is 5.75 Å². The van der Waals surface area contributed by atoms with Crippen LogP contribution in [0, 0.1) is 6.92 Å². The molecule has 0 aliphatic rings. The zero-order valence-electron chi connectivity index (χ0n) is 10.1. The lowest BCUT2D eigenvalue weighted by Gasteiger charge is -2.06. The standard InChI is InChI=1S/C15H14NO2/c1-11-6-8-13(9-7-11)16-15(17)12-4-3-5-14(10-12)18-2/h3-10H,1H2,2H3,(H,16,17). The van der Waals surface area contributed by atoms with Crippen LogP contribution in [0.4, 0.5) is 5.69 Å². The highest BCUT2D eigenvalue weighted by Gasteiger charge is 2.06. The summed E-state index contributed by atoms with van der Waals surface area (Å²) in [5.74, 6) is 0.501. The molecule has 0 aliphatic heterocycles. The third-order valence-electron chi connectivity index (χ3n) is 2.54. The Kier molecular flexibility index (Phi) is 3.63. The molecule has 91 valence electrons. The van der Waals surface area contributed by atoms with E-state index < -0.39 is 0 Å². The number of hydrogen-bond donors (Lipinski definition) is 1. The van der Waals surface area contributed by atoms with Crippen molar-refractivity contribution >= 4 is 11.6 Å². The quantitative estimate of drug-likeness (QED) is 0.895. The summed E-state index contributed by atoms with van der Waals surface area (Å²) in [5.41, 5.74) is 2.22. The molecule has 2 aromatic carbocycles. The van der Waals surface area contributed by atoms with Crippen molar-refractivity contribution in [3.8, 4) is 5.75 Å². The Morgan fingerprint density at radius 1 is 1.17 bits per heavy atom. The number of hydrogen-bond acceptors (Lipinski definition) is 2. The summed E-state index contributed by atoms with van der Waals surface area (Å²) in [7, 11) is 1.57. The van der Waals surface area contributed by atoms with Gasteiger partial charge in [0.15, 0.2) is 0 Å². The average molecular weight is 240 g/mol. The predicted octanol–water partition coefficient (Wildman–Crippen LogP) is 3.13. The zero-order chi connectivity index (χ0) is 13.0. The van der Waals surface area contributed by atoms with Crippen molar-refractivity contribution in [1.29, 1.82) is 0 Å². The van der Waals surface area contributed by atoms with Crippen molar-refractivity contribution in [1.82, 2.24) is 0 Å². The number of rotatable bonds is 3. The minimum absolute atomic E-state index is 0.161. The van der Waals surface area contributed by atoms with E-state index in [2.05, 4.69) is 12.2 Å². The molecule has 0 fully saturated rings. The highest BCUT2D eigenvalue weighted by atomic mass is 16.5. The first-order valence-electron chi connectivity index (χ1n) is 5.56. The summed E-state index contributed by atoms with van der Waals surface area (Å²) >= 11 is 0. The second-order valence-electron chi connectivity index (χ2n) is 3.88. The van der Waals surface area contributed by atoms with Crippen molar-refractivity contribution in [3.63, 3.8) is 0 Å². The van der Waals surface area contributed by atoms with Crippen LogP contribution in [-0.2, 0) is 0 Å². The second kappa shape index (κ2) is 5.36. The summed E-state index contributed by atoms with van der Waals surface area (Å²) in [6, 6.07) is 14.4. The number of methoxy groups -OCH3 is 1. The number of carbonyl (C=O) groups is 1. The van der Waals surface area contributed by atoms with Crippen LogP contribution in [0.3, 0.4) is 0 Å². The molecule has 18 heavy (non-hydrogen) atoms. The van der Waals surface area contributed by atoms with E-state index in [4.69, 9.17) is 4.74 Å². The fourth-order valence-electron chi connectivity index (χ4n) is 1.56. The molecule has 1 amide bonds.